The van der Waals surface area contributed by atoms with Crippen molar-refractivity contribution in [1.82, 2.24) is 0 Å². The molecule has 21 heavy (non-hydrogen) atoms. The van der Waals surface area contributed by atoms with Crippen molar-refractivity contribution in [2.45, 2.75) is 63.3 Å². The Morgan fingerprint density at radius 3 is 2.00 bits per heavy atom. The van der Waals surface area contributed by atoms with E-state index in [9.17, 15) is 13.0 Å². The van der Waals surface area contributed by atoms with Crippen molar-refractivity contribution >= 4 is 18.0 Å². The van der Waals surface area contributed by atoms with Crippen molar-refractivity contribution in [3.8, 4) is 0 Å². The first-order valence-electron chi connectivity index (χ1n) is 8.04. The fraction of sp³-hybridized carbons (Fsp3) is 0.750. The van der Waals surface area contributed by atoms with Gasteiger partial charge in [-0.25, -0.2) is 0 Å². The summed E-state index contributed by atoms with van der Waals surface area (Å²) in [7, 11) is -4.82. The molecular formula is C16H29O3PS. The number of unbranched alkanes of at least 4 members (excludes halogenated alkanes) is 4. The van der Waals surface area contributed by atoms with Gasteiger partial charge in [0.1, 0.15) is 4.49 Å². The molecule has 1 rings (SSSR count). The molecule has 0 saturated carbocycles. The minimum absolute atomic E-state index is 0.423. The summed E-state index contributed by atoms with van der Waals surface area (Å²) in [6.45, 7) is 4.31. The van der Waals surface area contributed by atoms with Crippen LogP contribution in [0.4, 0.5) is 0 Å². The lowest BCUT2D eigenvalue weighted by atomic mass is 10.2. The van der Waals surface area contributed by atoms with Crippen molar-refractivity contribution in [3.63, 3.8) is 0 Å². The van der Waals surface area contributed by atoms with Crippen LogP contribution in [0.15, 0.2) is 24.3 Å². The average molecular weight is 332 g/mol. The Balaban J connectivity index is 2.94. The highest BCUT2D eigenvalue weighted by atomic mass is 32.2. The molecule has 1 aliphatic rings. The van der Waals surface area contributed by atoms with E-state index >= 15 is 0 Å². The molecule has 0 saturated heterocycles. The Morgan fingerprint density at radius 1 is 1.05 bits per heavy atom. The maximum absolute atomic E-state index is 12.1. The number of hydrogen-bond donors (Lipinski definition) is 1. The summed E-state index contributed by atoms with van der Waals surface area (Å²) in [6, 6.07) is 0. The first-order chi connectivity index (χ1) is 9.98. The molecule has 0 aromatic carbocycles. The lowest BCUT2D eigenvalue weighted by Gasteiger charge is -2.37. The van der Waals surface area contributed by atoms with Crippen LogP contribution in [0.2, 0.25) is 0 Å². The van der Waals surface area contributed by atoms with Gasteiger partial charge in [-0.15, -0.1) is 0 Å². The third-order valence-electron chi connectivity index (χ3n) is 4.06. The quantitative estimate of drug-likeness (QED) is 0.350. The summed E-state index contributed by atoms with van der Waals surface area (Å²) in [5.74, 6) is 0. The van der Waals surface area contributed by atoms with Gasteiger partial charge in [0, 0.05) is 0 Å². The van der Waals surface area contributed by atoms with Crippen molar-refractivity contribution in [2.24, 2.45) is 0 Å². The van der Waals surface area contributed by atoms with E-state index < -0.39 is 22.5 Å². The molecule has 1 aliphatic carbocycles. The largest absolute Gasteiger partial charge is 0.285 e. The average Bonchev–Trinajstić information content (AvgIpc) is 2.45. The van der Waals surface area contributed by atoms with Gasteiger partial charge in [0.2, 0.25) is 0 Å². The summed E-state index contributed by atoms with van der Waals surface area (Å²) in [4.78, 5) is 0. The SMILES string of the molecule is CCCCCP(CCCCC)C1(S(=O)(=O)O)C=CC=CC1. The predicted molar refractivity (Wildman–Crippen MR) is 92.9 cm³/mol. The van der Waals surface area contributed by atoms with Crippen molar-refractivity contribution < 1.29 is 13.0 Å². The van der Waals surface area contributed by atoms with Crippen LogP contribution in [0.5, 0.6) is 0 Å². The Hall–Kier alpha value is -0.180. The second-order valence-corrected chi connectivity index (χ2v) is 10.5. The van der Waals surface area contributed by atoms with Crippen LogP contribution in [-0.4, -0.2) is 29.8 Å². The first kappa shape index (κ1) is 18.9. The van der Waals surface area contributed by atoms with Crippen LogP contribution < -0.4 is 0 Å². The highest BCUT2D eigenvalue weighted by Gasteiger charge is 2.46. The minimum atomic E-state index is -4.07. The van der Waals surface area contributed by atoms with Crippen LogP contribution in [0.3, 0.4) is 0 Å². The van der Waals surface area contributed by atoms with E-state index in [1.807, 2.05) is 12.2 Å². The van der Waals surface area contributed by atoms with Gasteiger partial charge in [-0.2, -0.15) is 8.42 Å². The molecule has 3 nitrogen and oxygen atoms in total. The molecule has 5 heteroatoms. The Morgan fingerprint density at radius 2 is 1.62 bits per heavy atom. The van der Waals surface area contributed by atoms with E-state index in [4.69, 9.17) is 0 Å². The van der Waals surface area contributed by atoms with Crippen molar-refractivity contribution in [2.75, 3.05) is 12.3 Å². The lowest BCUT2D eigenvalue weighted by molar-refractivity contribution is 0.468. The highest BCUT2D eigenvalue weighted by Crippen LogP contribution is 2.57. The summed E-state index contributed by atoms with van der Waals surface area (Å²) < 4.78 is 33.0. The number of allylic oxidation sites excluding steroid dienone is 3. The zero-order valence-electron chi connectivity index (χ0n) is 13.3. The summed E-state index contributed by atoms with van der Waals surface area (Å²) >= 11 is 0. The maximum atomic E-state index is 12.1. The van der Waals surface area contributed by atoms with E-state index in [1.165, 1.54) is 0 Å². The van der Waals surface area contributed by atoms with Gasteiger partial charge in [-0.1, -0.05) is 71.8 Å². The van der Waals surface area contributed by atoms with Gasteiger partial charge in [0.25, 0.3) is 10.1 Å². The fourth-order valence-corrected chi connectivity index (χ4v) is 8.04. The molecule has 0 aromatic heterocycles. The van der Waals surface area contributed by atoms with E-state index in [-0.39, 0.29) is 0 Å². The van der Waals surface area contributed by atoms with E-state index in [0.29, 0.717) is 6.42 Å². The second-order valence-electron chi connectivity index (χ2n) is 5.71. The van der Waals surface area contributed by atoms with E-state index in [2.05, 4.69) is 13.8 Å². The molecule has 0 spiro atoms. The monoisotopic (exact) mass is 332 g/mol. The normalized spacial score (nSPS) is 22.1. The molecule has 0 bridgehead atoms. The zero-order valence-corrected chi connectivity index (χ0v) is 15.0. The van der Waals surface area contributed by atoms with Gasteiger partial charge in [-0.05, 0) is 31.6 Å². The first-order valence-corrected chi connectivity index (χ1v) is 11.2. The predicted octanol–water partition coefficient (Wildman–Crippen LogP) is 4.95. The summed E-state index contributed by atoms with van der Waals surface area (Å²) in [5, 5.41) is 0. The van der Waals surface area contributed by atoms with Crippen LogP contribution >= 0.6 is 7.92 Å². The fourth-order valence-electron chi connectivity index (χ4n) is 2.77. The molecule has 0 aromatic rings. The molecule has 0 aliphatic heterocycles. The second kappa shape index (κ2) is 9.07. The molecule has 0 amide bonds. The van der Waals surface area contributed by atoms with Crippen LogP contribution in [0.1, 0.15) is 58.8 Å². The molecule has 0 radical (unpaired) electrons. The molecule has 1 atom stereocenters. The van der Waals surface area contributed by atoms with Crippen LogP contribution in [-0.2, 0) is 10.1 Å². The molecule has 1 N–H and O–H groups in total. The van der Waals surface area contributed by atoms with Crippen LogP contribution in [0, 0.1) is 0 Å². The summed E-state index contributed by atoms with van der Waals surface area (Å²) in [6.07, 6.45) is 16.2. The summed E-state index contributed by atoms with van der Waals surface area (Å²) in [5.41, 5.74) is 0. The van der Waals surface area contributed by atoms with Crippen LogP contribution in [0.25, 0.3) is 0 Å². The zero-order chi connectivity index (χ0) is 15.8. The number of rotatable bonds is 10. The van der Waals surface area contributed by atoms with Gasteiger partial charge >= 0.3 is 0 Å². The lowest BCUT2D eigenvalue weighted by Crippen LogP contribution is -2.36. The Kier molecular flexibility index (Phi) is 8.15. The molecule has 0 fully saturated rings. The van der Waals surface area contributed by atoms with E-state index in [0.717, 1.165) is 50.8 Å². The van der Waals surface area contributed by atoms with Gasteiger partial charge in [0.05, 0.1) is 0 Å². The molecule has 1 unspecified atom stereocenters. The third kappa shape index (κ3) is 5.19. The van der Waals surface area contributed by atoms with Gasteiger partial charge in [-0.3, -0.25) is 4.55 Å². The molecule has 122 valence electrons. The number of hydrogen-bond acceptors (Lipinski definition) is 2. The van der Waals surface area contributed by atoms with Gasteiger partial charge in [0.15, 0.2) is 0 Å². The van der Waals surface area contributed by atoms with Crippen molar-refractivity contribution in [1.29, 1.82) is 0 Å². The van der Waals surface area contributed by atoms with E-state index in [1.54, 1.807) is 12.2 Å². The maximum Gasteiger partial charge on any atom is 0.278 e. The Labute approximate surface area is 131 Å². The third-order valence-corrected chi connectivity index (χ3v) is 9.84. The van der Waals surface area contributed by atoms with Gasteiger partial charge < -0.3 is 0 Å². The standard InChI is InChI=1S/C16H29O3PS/c1-3-5-10-14-20(15-11-6-4-2)16(21(17,18)19)12-8-7-9-13-16/h7-9,12H,3-6,10-11,13-15H2,1-2H3,(H,17,18,19). The minimum Gasteiger partial charge on any atom is -0.285 e. The Bertz CT molecular complexity index is 446. The molecular weight excluding hydrogens is 303 g/mol. The highest BCUT2D eigenvalue weighted by molar-refractivity contribution is 7.96. The van der Waals surface area contributed by atoms with Crippen molar-refractivity contribution in [3.05, 3.63) is 24.3 Å². The topological polar surface area (TPSA) is 54.4 Å². The molecule has 0 heterocycles. The smallest absolute Gasteiger partial charge is 0.278 e.